The van der Waals surface area contributed by atoms with Gasteiger partial charge < -0.3 is 19.8 Å². The molecule has 3 aromatic heterocycles. The third kappa shape index (κ3) is 3.65. The number of rotatable bonds is 6. The summed E-state index contributed by atoms with van der Waals surface area (Å²) in [5.74, 6) is 2.79. The van der Waals surface area contributed by atoms with Gasteiger partial charge in [0.25, 0.3) is 0 Å². The van der Waals surface area contributed by atoms with Crippen LogP contribution in [-0.4, -0.2) is 29.2 Å². The highest BCUT2D eigenvalue weighted by Crippen LogP contribution is 2.37. The number of aromatic amines is 1. The Kier molecular flexibility index (Phi) is 5.19. The monoisotopic (exact) mass is 444 g/mol. The third-order valence-electron chi connectivity index (χ3n) is 5.56. The first-order chi connectivity index (χ1) is 15.6. The van der Waals surface area contributed by atoms with Gasteiger partial charge >= 0.3 is 0 Å². The summed E-state index contributed by atoms with van der Waals surface area (Å²) in [4.78, 5) is 15.0. The molecule has 0 spiro atoms. The Morgan fingerprint density at radius 3 is 2.59 bits per heavy atom. The highest BCUT2D eigenvalue weighted by molar-refractivity contribution is 7.15. The van der Waals surface area contributed by atoms with Crippen molar-refractivity contribution in [3.8, 4) is 21.9 Å². The molecule has 3 heterocycles. The van der Waals surface area contributed by atoms with E-state index in [1.54, 1.807) is 25.6 Å². The average Bonchev–Trinajstić information content (AvgIpc) is 3.47. The molecular weight excluding hydrogens is 420 g/mol. The minimum atomic E-state index is 0.0790. The van der Waals surface area contributed by atoms with Crippen LogP contribution >= 0.6 is 11.3 Å². The van der Waals surface area contributed by atoms with Gasteiger partial charge in [0.2, 0.25) is 0 Å². The molecule has 1 atom stereocenters. The number of anilines is 1. The van der Waals surface area contributed by atoms with Gasteiger partial charge in [-0.05, 0) is 61.2 Å². The van der Waals surface area contributed by atoms with Gasteiger partial charge in [0.05, 0.1) is 25.8 Å². The van der Waals surface area contributed by atoms with E-state index in [-0.39, 0.29) is 6.04 Å². The van der Waals surface area contributed by atoms with E-state index in [0.29, 0.717) is 17.3 Å². The molecule has 6 nitrogen and oxygen atoms in total. The lowest BCUT2D eigenvalue weighted by Crippen LogP contribution is -2.08. The Balaban J connectivity index is 1.46. The second-order valence-corrected chi connectivity index (χ2v) is 8.81. The van der Waals surface area contributed by atoms with E-state index in [4.69, 9.17) is 9.47 Å². The average molecular weight is 445 g/mol. The van der Waals surface area contributed by atoms with Crippen molar-refractivity contribution in [1.29, 1.82) is 0 Å². The predicted molar refractivity (Wildman–Crippen MR) is 131 cm³/mol. The van der Waals surface area contributed by atoms with Gasteiger partial charge in [-0.15, -0.1) is 11.3 Å². The Bertz CT molecular complexity index is 1420. The molecule has 0 aliphatic rings. The SMILES string of the molecule is COc1cc2nc(C)nc(N[C@@H](C)c3ccc(-c4ccc5[nH]ccc5c4)s3)c2cc1OC. The molecule has 0 saturated heterocycles. The quantitative estimate of drug-likeness (QED) is 0.320. The molecule has 5 rings (SSSR count). The lowest BCUT2D eigenvalue weighted by molar-refractivity contribution is 0.356. The van der Waals surface area contributed by atoms with Gasteiger partial charge in [-0.2, -0.15) is 0 Å². The summed E-state index contributed by atoms with van der Waals surface area (Å²) in [5, 5.41) is 5.70. The molecule has 7 heteroatoms. The number of thiophene rings is 1. The lowest BCUT2D eigenvalue weighted by Gasteiger charge is -2.16. The van der Waals surface area contributed by atoms with Crippen molar-refractivity contribution in [3.05, 3.63) is 65.4 Å². The molecule has 32 heavy (non-hydrogen) atoms. The van der Waals surface area contributed by atoms with Gasteiger partial charge in [-0.25, -0.2) is 9.97 Å². The van der Waals surface area contributed by atoms with E-state index in [1.807, 2.05) is 25.3 Å². The molecule has 0 saturated carbocycles. The third-order valence-corrected chi connectivity index (χ3v) is 6.87. The Labute approximate surface area is 190 Å². The fourth-order valence-electron chi connectivity index (χ4n) is 3.91. The molecule has 0 bridgehead atoms. The number of nitrogens with one attached hydrogen (secondary N) is 2. The van der Waals surface area contributed by atoms with Crippen LogP contribution < -0.4 is 14.8 Å². The van der Waals surface area contributed by atoms with Crippen LogP contribution in [0.25, 0.3) is 32.2 Å². The van der Waals surface area contributed by atoms with Crippen molar-refractivity contribution in [2.24, 2.45) is 0 Å². The first kappa shape index (κ1) is 20.3. The molecule has 0 aliphatic carbocycles. The minimum absolute atomic E-state index is 0.0790. The summed E-state index contributed by atoms with van der Waals surface area (Å²) in [6, 6.07) is 16.9. The maximum Gasteiger partial charge on any atom is 0.162 e. The molecule has 0 aliphatic heterocycles. The van der Waals surface area contributed by atoms with E-state index >= 15 is 0 Å². The highest BCUT2D eigenvalue weighted by Gasteiger charge is 2.16. The summed E-state index contributed by atoms with van der Waals surface area (Å²) >= 11 is 1.79. The predicted octanol–water partition coefficient (Wildman–Crippen LogP) is 6.34. The van der Waals surface area contributed by atoms with Gasteiger partial charge in [0.15, 0.2) is 11.5 Å². The van der Waals surface area contributed by atoms with Crippen molar-refractivity contribution in [3.63, 3.8) is 0 Å². The maximum absolute atomic E-state index is 5.49. The largest absolute Gasteiger partial charge is 0.493 e. The van der Waals surface area contributed by atoms with Crippen LogP contribution in [0.4, 0.5) is 5.82 Å². The van der Waals surface area contributed by atoms with Crippen LogP contribution in [-0.2, 0) is 0 Å². The van der Waals surface area contributed by atoms with Crippen molar-refractivity contribution < 1.29 is 9.47 Å². The highest BCUT2D eigenvalue weighted by atomic mass is 32.1. The first-order valence-electron chi connectivity index (χ1n) is 10.4. The molecule has 0 unspecified atom stereocenters. The number of methoxy groups -OCH3 is 2. The molecule has 2 N–H and O–H groups in total. The molecule has 0 amide bonds. The van der Waals surface area contributed by atoms with E-state index < -0.39 is 0 Å². The second-order valence-electron chi connectivity index (χ2n) is 7.69. The zero-order valence-corrected chi connectivity index (χ0v) is 19.2. The summed E-state index contributed by atoms with van der Waals surface area (Å²) in [6.45, 7) is 4.04. The van der Waals surface area contributed by atoms with E-state index in [2.05, 4.69) is 63.6 Å². The maximum atomic E-state index is 5.49. The first-order valence-corrected chi connectivity index (χ1v) is 11.2. The summed E-state index contributed by atoms with van der Waals surface area (Å²) in [5.41, 5.74) is 3.19. The van der Waals surface area contributed by atoms with E-state index in [0.717, 1.165) is 22.2 Å². The zero-order valence-electron chi connectivity index (χ0n) is 18.4. The number of H-pyrrole nitrogens is 1. The lowest BCUT2D eigenvalue weighted by atomic mass is 10.1. The van der Waals surface area contributed by atoms with Gasteiger partial charge in [-0.1, -0.05) is 6.07 Å². The van der Waals surface area contributed by atoms with Crippen LogP contribution in [0.3, 0.4) is 0 Å². The Hall–Kier alpha value is -3.58. The molecule has 5 aromatic rings. The molecule has 2 aromatic carbocycles. The summed E-state index contributed by atoms with van der Waals surface area (Å²) in [7, 11) is 3.26. The zero-order chi connectivity index (χ0) is 22.2. The Morgan fingerprint density at radius 2 is 1.78 bits per heavy atom. The number of fused-ring (bicyclic) bond motifs is 2. The van der Waals surface area contributed by atoms with Crippen molar-refractivity contribution >= 4 is 39.0 Å². The number of hydrogen-bond donors (Lipinski definition) is 2. The Morgan fingerprint density at radius 1 is 0.969 bits per heavy atom. The van der Waals surface area contributed by atoms with Crippen LogP contribution in [0.5, 0.6) is 11.5 Å². The second kappa shape index (κ2) is 8.16. The van der Waals surface area contributed by atoms with Gasteiger partial charge in [-0.3, -0.25) is 0 Å². The van der Waals surface area contributed by atoms with E-state index in [1.165, 1.54) is 20.7 Å². The molecule has 162 valence electrons. The smallest absolute Gasteiger partial charge is 0.162 e. The molecule has 0 radical (unpaired) electrons. The standard InChI is InChI=1S/C25H24N4O2S/c1-14(23-7-8-24(32-23)17-5-6-19-16(11-17)9-10-26-19)27-25-18-12-21(30-3)22(31-4)13-20(18)28-15(2)29-25/h5-14,26H,1-4H3,(H,27,28,29)/t14-/m0/s1. The normalized spacial score (nSPS) is 12.2. The number of ether oxygens (including phenoxy) is 2. The van der Waals surface area contributed by atoms with Crippen LogP contribution in [0.15, 0.2) is 54.7 Å². The van der Waals surface area contributed by atoms with Crippen molar-refractivity contribution in [1.82, 2.24) is 15.0 Å². The molecule has 0 fully saturated rings. The summed E-state index contributed by atoms with van der Waals surface area (Å²) in [6.07, 6.45) is 1.97. The number of nitrogens with zero attached hydrogens (tertiary/aromatic N) is 2. The fourth-order valence-corrected chi connectivity index (χ4v) is 4.91. The minimum Gasteiger partial charge on any atom is -0.493 e. The molecular formula is C25H24N4O2S. The van der Waals surface area contributed by atoms with Crippen LogP contribution in [0.1, 0.15) is 23.7 Å². The van der Waals surface area contributed by atoms with Crippen molar-refractivity contribution in [2.75, 3.05) is 19.5 Å². The number of aryl methyl sites for hydroxylation is 1. The number of aromatic nitrogens is 3. The van der Waals surface area contributed by atoms with Crippen LogP contribution in [0.2, 0.25) is 0 Å². The van der Waals surface area contributed by atoms with Crippen molar-refractivity contribution in [2.45, 2.75) is 19.9 Å². The van der Waals surface area contributed by atoms with Crippen LogP contribution in [0, 0.1) is 6.92 Å². The van der Waals surface area contributed by atoms with E-state index in [9.17, 15) is 0 Å². The van der Waals surface area contributed by atoms with Gasteiger partial charge in [0, 0.05) is 32.9 Å². The number of hydrogen-bond acceptors (Lipinski definition) is 6. The topological polar surface area (TPSA) is 72.1 Å². The summed E-state index contributed by atoms with van der Waals surface area (Å²) < 4.78 is 10.9. The fraction of sp³-hybridized carbons (Fsp3) is 0.200. The number of benzene rings is 2. The van der Waals surface area contributed by atoms with Gasteiger partial charge in [0.1, 0.15) is 11.6 Å².